The summed E-state index contributed by atoms with van der Waals surface area (Å²) in [5.74, 6) is -0.726. The van der Waals surface area contributed by atoms with Gasteiger partial charge in [0, 0.05) is 0 Å². The number of carboxylic acid groups (broad SMARTS) is 1. The van der Waals surface area contributed by atoms with Crippen LogP contribution in [0.15, 0.2) is 0 Å². The van der Waals surface area contributed by atoms with E-state index in [2.05, 4.69) is 17.9 Å². The highest BCUT2D eigenvalue weighted by molar-refractivity contribution is 7.80. The maximum absolute atomic E-state index is 10.9. The third-order valence-electron chi connectivity index (χ3n) is 2.62. The number of carbonyl (C=O) groups is 1. The summed E-state index contributed by atoms with van der Waals surface area (Å²) in [4.78, 5) is 10.9. The molecule has 5 N–H and O–H groups in total. The zero-order valence-corrected chi connectivity index (χ0v) is 9.96. The zero-order chi connectivity index (χ0) is 13.0. The van der Waals surface area contributed by atoms with E-state index in [1.807, 2.05) is 0 Å². The third kappa shape index (κ3) is 3.54. The van der Waals surface area contributed by atoms with Crippen molar-refractivity contribution in [1.82, 2.24) is 5.32 Å². The molecule has 7 nitrogen and oxygen atoms in total. The van der Waals surface area contributed by atoms with Crippen LogP contribution in [0.4, 0.5) is 0 Å². The van der Waals surface area contributed by atoms with Gasteiger partial charge in [-0.2, -0.15) is 12.6 Å². The predicted octanol–water partition coefficient (Wildman–Crippen LogP) is -2.21. The molecule has 100 valence electrons. The lowest BCUT2D eigenvalue weighted by Crippen LogP contribution is -2.49. The summed E-state index contributed by atoms with van der Waals surface area (Å²) >= 11 is 3.93. The van der Waals surface area contributed by atoms with Gasteiger partial charge in [0.2, 0.25) is 0 Å². The molecule has 0 unspecified atom stereocenters. The molecule has 0 radical (unpaired) electrons. The topological polar surface area (TPSA) is 119 Å². The molecule has 0 spiro atoms. The standard InChI is InChI=1S/C9H17NO6S/c11-3-5-6(12)7(13)8(16-5)10-4(1-2-17)9(14)15/h4-8,10-13,17H,1-3H2,(H,14,15)/t4-,5+,6+,7+,8-/m0/s1. The predicted molar refractivity (Wildman–Crippen MR) is 60.8 cm³/mol. The fourth-order valence-electron chi connectivity index (χ4n) is 1.64. The number of aliphatic hydroxyl groups excluding tert-OH is 3. The van der Waals surface area contributed by atoms with Crippen LogP contribution in [0.5, 0.6) is 0 Å². The van der Waals surface area contributed by atoms with Crippen molar-refractivity contribution in [2.24, 2.45) is 0 Å². The van der Waals surface area contributed by atoms with Crippen molar-refractivity contribution in [3.63, 3.8) is 0 Å². The molecule has 0 aromatic carbocycles. The van der Waals surface area contributed by atoms with Crippen molar-refractivity contribution in [1.29, 1.82) is 0 Å². The number of hydrogen-bond acceptors (Lipinski definition) is 7. The summed E-state index contributed by atoms with van der Waals surface area (Å²) in [7, 11) is 0. The Labute approximate surface area is 104 Å². The molecule has 0 aliphatic carbocycles. The average Bonchev–Trinajstić information content (AvgIpc) is 2.56. The third-order valence-corrected chi connectivity index (χ3v) is 2.88. The quantitative estimate of drug-likeness (QED) is 0.302. The SMILES string of the molecule is O=C(O)[C@H](CCS)N[C@H]1O[C@H](CO)[C@@H](O)[C@H]1O. The molecule has 1 aliphatic rings. The van der Waals surface area contributed by atoms with Crippen LogP contribution in [0.3, 0.4) is 0 Å². The Balaban J connectivity index is 2.58. The number of carboxylic acids is 1. The van der Waals surface area contributed by atoms with Gasteiger partial charge in [0.15, 0.2) is 0 Å². The van der Waals surface area contributed by atoms with Crippen LogP contribution in [-0.4, -0.2) is 69.3 Å². The number of thiol groups is 1. The molecule has 0 amide bonds. The summed E-state index contributed by atoms with van der Waals surface area (Å²) in [6.45, 7) is -0.444. The first-order valence-corrected chi connectivity index (χ1v) is 5.86. The van der Waals surface area contributed by atoms with Crippen molar-refractivity contribution < 1.29 is 30.0 Å². The van der Waals surface area contributed by atoms with E-state index in [-0.39, 0.29) is 6.42 Å². The van der Waals surface area contributed by atoms with Gasteiger partial charge in [-0.15, -0.1) is 0 Å². The molecule has 0 aromatic rings. The molecule has 1 rings (SSSR count). The van der Waals surface area contributed by atoms with E-state index in [1.54, 1.807) is 0 Å². The molecule has 0 bridgehead atoms. The highest BCUT2D eigenvalue weighted by Crippen LogP contribution is 2.20. The van der Waals surface area contributed by atoms with Crippen molar-refractivity contribution in [2.45, 2.75) is 37.0 Å². The maximum atomic E-state index is 10.9. The van der Waals surface area contributed by atoms with Gasteiger partial charge in [0.1, 0.15) is 30.6 Å². The zero-order valence-electron chi connectivity index (χ0n) is 9.06. The number of nitrogens with one attached hydrogen (secondary N) is 1. The van der Waals surface area contributed by atoms with E-state index >= 15 is 0 Å². The monoisotopic (exact) mass is 267 g/mol. The average molecular weight is 267 g/mol. The second kappa shape index (κ2) is 6.53. The molecule has 5 atom stereocenters. The molecule has 0 aromatic heterocycles. The van der Waals surface area contributed by atoms with Gasteiger partial charge >= 0.3 is 5.97 Å². The molecular weight excluding hydrogens is 250 g/mol. The van der Waals surface area contributed by atoms with Gasteiger partial charge in [-0.25, -0.2) is 0 Å². The van der Waals surface area contributed by atoms with E-state index in [1.165, 1.54) is 0 Å². The normalized spacial score (nSPS) is 34.8. The minimum Gasteiger partial charge on any atom is -0.480 e. The number of aliphatic carboxylic acids is 1. The highest BCUT2D eigenvalue weighted by atomic mass is 32.1. The van der Waals surface area contributed by atoms with E-state index in [0.717, 1.165) is 0 Å². The van der Waals surface area contributed by atoms with Crippen LogP contribution in [0, 0.1) is 0 Å². The fraction of sp³-hybridized carbons (Fsp3) is 0.889. The summed E-state index contributed by atoms with van der Waals surface area (Å²) in [5, 5.41) is 39.4. The van der Waals surface area contributed by atoms with Crippen LogP contribution in [0.1, 0.15) is 6.42 Å². The number of rotatable bonds is 6. The summed E-state index contributed by atoms with van der Waals surface area (Å²) in [5.41, 5.74) is 0. The van der Waals surface area contributed by atoms with Crippen LogP contribution in [-0.2, 0) is 9.53 Å². The number of ether oxygens (including phenoxy) is 1. The lowest BCUT2D eigenvalue weighted by Gasteiger charge is -2.21. The first-order valence-electron chi connectivity index (χ1n) is 5.23. The van der Waals surface area contributed by atoms with Crippen molar-refractivity contribution in [3.8, 4) is 0 Å². The number of aliphatic hydroxyl groups is 3. The van der Waals surface area contributed by atoms with Crippen LogP contribution >= 0.6 is 12.6 Å². The fourth-order valence-corrected chi connectivity index (χ4v) is 1.90. The minimum absolute atomic E-state index is 0.255. The largest absolute Gasteiger partial charge is 0.480 e. The van der Waals surface area contributed by atoms with Crippen molar-refractivity contribution in [2.75, 3.05) is 12.4 Å². The van der Waals surface area contributed by atoms with Crippen LogP contribution in [0.25, 0.3) is 0 Å². The van der Waals surface area contributed by atoms with Gasteiger partial charge in [0.25, 0.3) is 0 Å². The summed E-state index contributed by atoms with van der Waals surface area (Å²) in [6.07, 6.45) is -4.17. The van der Waals surface area contributed by atoms with Gasteiger partial charge in [0.05, 0.1) is 6.61 Å². The van der Waals surface area contributed by atoms with Gasteiger partial charge in [-0.3, -0.25) is 10.1 Å². The molecule has 1 fully saturated rings. The Morgan fingerprint density at radius 3 is 2.47 bits per heavy atom. The lowest BCUT2D eigenvalue weighted by molar-refractivity contribution is -0.141. The van der Waals surface area contributed by atoms with E-state index in [0.29, 0.717) is 5.75 Å². The smallest absolute Gasteiger partial charge is 0.320 e. The molecule has 17 heavy (non-hydrogen) atoms. The Morgan fingerprint density at radius 2 is 2.06 bits per heavy atom. The molecule has 1 saturated heterocycles. The van der Waals surface area contributed by atoms with E-state index in [4.69, 9.17) is 14.9 Å². The maximum Gasteiger partial charge on any atom is 0.320 e. The second-order valence-corrected chi connectivity index (χ2v) is 4.28. The van der Waals surface area contributed by atoms with E-state index in [9.17, 15) is 15.0 Å². The Hall–Kier alpha value is -0.380. The molecule has 1 heterocycles. The highest BCUT2D eigenvalue weighted by Gasteiger charge is 2.43. The molecule has 1 aliphatic heterocycles. The van der Waals surface area contributed by atoms with E-state index < -0.39 is 43.2 Å². The Bertz CT molecular complexity index is 266. The van der Waals surface area contributed by atoms with Gasteiger partial charge < -0.3 is 25.2 Å². The minimum atomic E-state index is -1.27. The van der Waals surface area contributed by atoms with Gasteiger partial charge in [-0.1, -0.05) is 0 Å². The number of hydrogen-bond donors (Lipinski definition) is 6. The van der Waals surface area contributed by atoms with Crippen molar-refractivity contribution >= 4 is 18.6 Å². The first-order chi connectivity index (χ1) is 8.01. The Morgan fingerprint density at radius 1 is 1.41 bits per heavy atom. The Kier molecular flexibility index (Phi) is 5.63. The summed E-state index contributed by atoms with van der Waals surface area (Å²) in [6, 6.07) is -0.920. The molecule has 8 heteroatoms. The van der Waals surface area contributed by atoms with Crippen molar-refractivity contribution in [3.05, 3.63) is 0 Å². The molecular formula is C9H17NO6S. The van der Waals surface area contributed by atoms with Gasteiger partial charge in [-0.05, 0) is 12.2 Å². The first kappa shape index (κ1) is 14.7. The summed E-state index contributed by atoms with van der Waals surface area (Å²) < 4.78 is 5.11. The van der Waals surface area contributed by atoms with Crippen LogP contribution < -0.4 is 5.32 Å². The molecule has 0 saturated carbocycles. The van der Waals surface area contributed by atoms with Crippen LogP contribution in [0.2, 0.25) is 0 Å². The lowest BCUT2D eigenvalue weighted by atomic mass is 10.1. The second-order valence-electron chi connectivity index (χ2n) is 3.83.